The van der Waals surface area contributed by atoms with Crippen molar-refractivity contribution in [1.29, 1.82) is 0 Å². The van der Waals surface area contributed by atoms with Crippen LogP contribution in [0.15, 0.2) is 24.3 Å². The minimum Gasteiger partial charge on any atom is -0.486 e. The number of hydrogen-bond acceptors (Lipinski definition) is 5. The van der Waals surface area contributed by atoms with Gasteiger partial charge in [0.15, 0.2) is 0 Å². The summed E-state index contributed by atoms with van der Waals surface area (Å²) in [6.07, 6.45) is 2.23. The molecule has 1 aromatic heterocycles. The minimum absolute atomic E-state index is 0.0814. The number of carbonyl (C=O) groups is 1. The van der Waals surface area contributed by atoms with Gasteiger partial charge in [-0.3, -0.25) is 4.79 Å². The van der Waals surface area contributed by atoms with Crippen LogP contribution < -0.4 is 10.1 Å². The molecule has 1 aliphatic rings. The number of nitrogens with zero attached hydrogens (tertiary/aromatic N) is 1. The van der Waals surface area contributed by atoms with Crippen LogP contribution in [-0.2, 0) is 11.3 Å². The fourth-order valence-corrected chi connectivity index (χ4v) is 3.49. The lowest BCUT2D eigenvalue weighted by Gasteiger charge is -2.09. The van der Waals surface area contributed by atoms with Gasteiger partial charge in [0.05, 0.1) is 11.8 Å². The van der Waals surface area contributed by atoms with Gasteiger partial charge in [0, 0.05) is 13.2 Å². The fraction of sp³-hybridized carbons (Fsp3) is 0.444. The molecule has 5 nitrogen and oxygen atoms in total. The van der Waals surface area contributed by atoms with E-state index < -0.39 is 0 Å². The van der Waals surface area contributed by atoms with Gasteiger partial charge in [-0.25, -0.2) is 4.98 Å². The standard InChI is InChI=1S/C18H22N2O3S/c1-12-5-7-14(8-6-12)23-11-16-20-13(2)17(24-16)18(21)19-10-15-4-3-9-22-15/h5-8,15H,3-4,9-11H2,1-2H3,(H,19,21)/t15-/m0/s1. The quantitative estimate of drug-likeness (QED) is 0.872. The van der Waals surface area contributed by atoms with Crippen molar-refractivity contribution in [3.8, 4) is 5.75 Å². The van der Waals surface area contributed by atoms with Crippen molar-refractivity contribution >= 4 is 17.2 Å². The van der Waals surface area contributed by atoms with Gasteiger partial charge in [-0.2, -0.15) is 0 Å². The van der Waals surface area contributed by atoms with E-state index in [2.05, 4.69) is 10.3 Å². The molecule has 128 valence electrons. The zero-order valence-corrected chi connectivity index (χ0v) is 14.8. The first kappa shape index (κ1) is 16.9. The maximum Gasteiger partial charge on any atom is 0.263 e. The Balaban J connectivity index is 1.55. The Kier molecular flexibility index (Phi) is 5.48. The zero-order valence-electron chi connectivity index (χ0n) is 14.0. The van der Waals surface area contributed by atoms with E-state index in [1.54, 1.807) is 0 Å². The first-order valence-electron chi connectivity index (χ1n) is 8.17. The van der Waals surface area contributed by atoms with Gasteiger partial charge in [0.2, 0.25) is 0 Å². The number of carbonyl (C=O) groups excluding carboxylic acids is 1. The average molecular weight is 346 g/mol. The summed E-state index contributed by atoms with van der Waals surface area (Å²) >= 11 is 1.38. The molecule has 2 heterocycles. The van der Waals surface area contributed by atoms with Crippen LogP contribution in [0.3, 0.4) is 0 Å². The van der Waals surface area contributed by atoms with Crippen molar-refractivity contribution in [3.05, 3.63) is 45.4 Å². The zero-order chi connectivity index (χ0) is 16.9. The fourth-order valence-electron chi connectivity index (χ4n) is 2.60. The highest BCUT2D eigenvalue weighted by Crippen LogP contribution is 2.21. The molecular weight excluding hydrogens is 324 g/mol. The molecule has 1 aliphatic heterocycles. The SMILES string of the molecule is Cc1ccc(OCc2nc(C)c(C(=O)NC[C@@H]3CCCO3)s2)cc1. The molecule has 0 radical (unpaired) electrons. The Morgan fingerprint density at radius 1 is 1.38 bits per heavy atom. The number of rotatable bonds is 6. The largest absolute Gasteiger partial charge is 0.486 e. The van der Waals surface area contributed by atoms with Crippen molar-refractivity contribution in [2.24, 2.45) is 0 Å². The molecule has 0 aliphatic carbocycles. The van der Waals surface area contributed by atoms with Gasteiger partial charge >= 0.3 is 0 Å². The Bertz CT molecular complexity index is 691. The van der Waals surface area contributed by atoms with E-state index >= 15 is 0 Å². The van der Waals surface area contributed by atoms with Crippen LogP contribution in [0.4, 0.5) is 0 Å². The predicted octanol–water partition coefficient (Wildman–Crippen LogP) is 3.25. The Labute approximate surface area is 146 Å². The lowest BCUT2D eigenvalue weighted by atomic mass is 10.2. The summed E-state index contributed by atoms with van der Waals surface area (Å²) in [5.41, 5.74) is 1.94. The molecule has 0 unspecified atom stereocenters. The molecule has 1 saturated heterocycles. The van der Waals surface area contributed by atoms with Gasteiger partial charge in [0.1, 0.15) is 22.2 Å². The highest BCUT2D eigenvalue weighted by Gasteiger charge is 2.19. The number of thiazole rings is 1. The molecule has 1 fully saturated rings. The van der Waals surface area contributed by atoms with Crippen LogP contribution in [-0.4, -0.2) is 30.1 Å². The highest BCUT2D eigenvalue weighted by molar-refractivity contribution is 7.13. The van der Waals surface area contributed by atoms with E-state index in [0.29, 0.717) is 18.0 Å². The summed E-state index contributed by atoms with van der Waals surface area (Å²) < 4.78 is 11.3. The predicted molar refractivity (Wildman–Crippen MR) is 93.7 cm³/mol. The van der Waals surface area contributed by atoms with Crippen molar-refractivity contribution < 1.29 is 14.3 Å². The van der Waals surface area contributed by atoms with Crippen molar-refractivity contribution in [3.63, 3.8) is 0 Å². The second kappa shape index (κ2) is 7.77. The molecule has 1 atom stereocenters. The molecule has 1 amide bonds. The summed E-state index contributed by atoms with van der Waals surface area (Å²) in [4.78, 5) is 17.4. The summed E-state index contributed by atoms with van der Waals surface area (Å²) in [6.45, 7) is 5.61. The molecule has 3 rings (SSSR count). The van der Waals surface area contributed by atoms with E-state index in [1.807, 2.05) is 38.1 Å². The van der Waals surface area contributed by atoms with E-state index in [-0.39, 0.29) is 12.0 Å². The number of nitrogens with one attached hydrogen (secondary N) is 1. The number of aryl methyl sites for hydroxylation is 2. The summed E-state index contributed by atoms with van der Waals surface area (Å²) in [5.74, 6) is 0.722. The number of benzene rings is 1. The molecular formula is C18H22N2O3S. The molecule has 6 heteroatoms. The maximum atomic E-state index is 12.3. The third-order valence-electron chi connectivity index (χ3n) is 3.94. The van der Waals surface area contributed by atoms with Crippen molar-refractivity contribution in [2.45, 2.75) is 39.4 Å². The van der Waals surface area contributed by atoms with E-state index in [9.17, 15) is 4.79 Å². The van der Waals surface area contributed by atoms with Gasteiger partial charge in [0.25, 0.3) is 5.91 Å². The molecule has 0 bridgehead atoms. The van der Waals surface area contributed by atoms with Gasteiger partial charge in [-0.05, 0) is 38.8 Å². The smallest absolute Gasteiger partial charge is 0.263 e. The number of ether oxygens (including phenoxy) is 2. The Morgan fingerprint density at radius 3 is 2.88 bits per heavy atom. The third-order valence-corrected chi connectivity index (χ3v) is 5.07. The summed E-state index contributed by atoms with van der Waals surface area (Å²) in [6, 6.07) is 7.88. The molecule has 1 N–H and O–H groups in total. The van der Waals surface area contributed by atoms with Crippen molar-refractivity contribution in [2.75, 3.05) is 13.2 Å². The van der Waals surface area contributed by atoms with Gasteiger partial charge in [-0.1, -0.05) is 17.7 Å². The van der Waals surface area contributed by atoms with E-state index in [1.165, 1.54) is 16.9 Å². The first-order chi connectivity index (χ1) is 11.6. The lowest BCUT2D eigenvalue weighted by Crippen LogP contribution is -2.31. The lowest BCUT2D eigenvalue weighted by molar-refractivity contribution is 0.0860. The van der Waals surface area contributed by atoms with Gasteiger partial charge < -0.3 is 14.8 Å². The molecule has 0 saturated carbocycles. The highest BCUT2D eigenvalue weighted by atomic mass is 32.1. The molecule has 0 spiro atoms. The summed E-state index contributed by atoms with van der Waals surface area (Å²) in [5, 5.41) is 3.74. The van der Waals surface area contributed by atoms with Crippen LogP contribution in [0.2, 0.25) is 0 Å². The number of aromatic nitrogens is 1. The van der Waals surface area contributed by atoms with E-state index in [0.717, 1.165) is 35.9 Å². The molecule has 24 heavy (non-hydrogen) atoms. The second-order valence-corrected chi connectivity index (χ2v) is 7.05. The van der Waals surface area contributed by atoms with Crippen LogP contribution in [0, 0.1) is 13.8 Å². The maximum absolute atomic E-state index is 12.3. The Hall–Kier alpha value is -1.92. The van der Waals surface area contributed by atoms with Crippen LogP contribution in [0.5, 0.6) is 5.75 Å². The number of hydrogen-bond donors (Lipinski definition) is 1. The van der Waals surface area contributed by atoms with E-state index in [4.69, 9.17) is 9.47 Å². The average Bonchev–Trinajstić information content (AvgIpc) is 3.22. The second-order valence-electron chi connectivity index (χ2n) is 5.97. The normalized spacial score (nSPS) is 17.0. The topological polar surface area (TPSA) is 60.5 Å². The summed E-state index contributed by atoms with van der Waals surface area (Å²) in [7, 11) is 0. The van der Waals surface area contributed by atoms with Crippen LogP contribution in [0.1, 0.15) is 38.8 Å². The van der Waals surface area contributed by atoms with Gasteiger partial charge in [-0.15, -0.1) is 11.3 Å². The van der Waals surface area contributed by atoms with Crippen LogP contribution >= 0.6 is 11.3 Å². The first-order valence-corrected chi connectivity index (χ1v) is 8.99. The Morgan fingerprint density at radius 2 is 2.17 bits per heavy atom. The minimum atomic E-state index is -0.0814. The number of amides is 1. The third kappa shape index (κ3) is 4.33. The molecule has 1 aromatic carbocycles. The van der Waals surface area contributed by atoms with Crippen LogP contribution in [0.25, 0.3) is 0 Å². The monoisotopic (exact) mass is 346 g/mol. The van der Waals surface area contributed by atoms with Crippen molar-refractivity contribution in [1.82, 2.24) is 10.3 Å². The molecule has 2 aromatic rings.